The molecule has 1 N–H and O–H groups in total. The van der Waals surface area contributed by atoms with Crippen molar-refractivity contribution < 1.29 is 4.79 Å². The molecule has 3 nitrogen and oxygen atoms in total. The van der Waals surface area contributed by atoms with E-state index in [9.17, 15) is 4.79 Å². The van der Waals surface area contributed by atoms with Gasteiger partial charge in [-0.05, 0) is 24.3 Å². The van der Waals surface area contributed by atoms with Crippen molar-refractivity contribution in [2.75, 3.05) is 26.2 Å². The summed E-state index contributed by atoms with van der Waals surface area (Å²) in [5, 5.41) is 3.25. The van der Waals surface area contributed by atoms with Gasteiger partial charge in [-0.1, -0.05) is 20.8 Å². The number of amides is 1. The van der Waals surface area contributed by atoms with Crippen LogP contribution in [0.2, 0.25) is 0 Å². The second-order valence-corrected chi connectivity index (χ2v) is 6.00. The number of carbonyl (C=O) groups excluding carboxylic acids is 1. The monoisotopic (exact) mass is 210 g/mol. The molecule has 2 aliphatic rings. The van der Waals surface area contributed by atoms with Crippen molar-refractivity contribution in [3.8, 4) is 0 Å². The van der Waals surface area contributed by atoms with Crippen LogP contribution in [-0.4, -0.2) is 37.0 Å². The van der Waals surface area contributed by atoms with Gasteiger partial charge in [0.15, 0.2) is 0 Å². The third-order valence-corrected chi connectivity index (χ3v) is 3.83. The van der Waals surface area contributed by atoms with Crippen molar-refractivity contribution in [3.63, 3.8) is 0 Å². The molecule has 0 aromatic carbocycles. The molecule has 0 aromatic rings. The second-order valence-electron chi connectivity index (χ2n) is 6.00. The van der Waals surface area contributed by atoms with Crippen LogP contribution in [0.1, 0.15) is 27.2 Å². The molecule has 3 heteroatoms. The summed E-state index contributed by atoms with van der Waals surface area (Å²) in [4.78, 5) is 14.0. The Morgan fingerprint density at radius 1 is 1.33 bits per heavy atom. The smallest absolute Gasteiger partial charge is 0.227 e. The lowest BCUT2D eigenvalue weighted by Gasteiger charge is -2.47. The maximum Gasteiger partial charge on any atom is 0.227 e. The molecular weight excluding hydrogens is 188 g/mol. The van der Waals surface area contributed by atoms with Crippen LogP contribution < -0.4 is 5.32 Å². The Bertz CT molecular complexity index is 245. The first-order valence-corrected chi connectivity index (χ1v) is 5.98. The molecule has 15 heavy (non-hydrogen) atoms. The average molecular weight is 210 g/mol. The van der Waals surface area contributed by atoms with E-state index in [1.54, 1.807) is 0 Å². The van der Waals surface area contributed by atoms with Gasteiger partial charge in [0, 0.05) is 19.6 Å². The largest absolute Gasteiger partial charge is 0.342 e. The third kappa shape index (κ3) is 2.17. The average Bonchev–Trinajstić information content (AvgIpc) is 2.48. The van der Waals surface area contributed by atoms with Crippen molar-refractivity contribution >= 4 is 5.91 Å². The first-order valence-electron chi connectivity index (χ1n) is 5.98. The topological polar surface area (TPSA) is 32.3 Å². The van der Waals surface area contributed by atoms with Crippen LogP contribution in [0.4, 0.5) is 0 Å². The standard InChI is InChI=1S/C12H22N2O/c1-12(2,3)10-7-14(8-10)11(15)9-4-5-13-6-9/h9-10,13H,4-8H2,1-3H3/t9-/m0/s1. The molecule has 0 spiro atoms. The Kier molecular flexibility index (Phi) is 2.75. The molecule has 2 fully saturated rings. The van der Waals surface area contributed by atoms with Crippen LogP contribution in [0, 0.1) is 17.3 Å². The summed E-state index contributed by atoms with van der Waals surface area (Å²) in [6.07, 6.45) is 1.02. The van der Waals surface area contributed by atoms with Gasteiger partial charge < -0.3 is 10.2 Å². The minimum atomic E-state index is 0.255. The number of hydrogen-bond acceptors (Lipinski definition) is 2. The number of hydrogen-bond donors (Lipinski definition) is 1. The molecule has 2 heterocycles. The molecule has 0 unspecified atom stereocenters. The van der Waals surface area contributed by atoms with Gasteiger partial charge >= 0.3 is 0 Å². The van der Waals surface area contributed by atoms with E-state index < -0.39 is 0 Å². The molecule has 2 rings (SSSR count). The molecule has 0 aliphatic carbocycles. The van der Waals surface area contributed by atoms with Crippen molar-refractivity contribution in [1.29, 1.82) is 0 Å². The number of nitrogens with one attached hydrogen (secondary N) is 1. The Balaban J connectivity index is 1.81. The molecule has 2 saturated heterocycles. The van der Waals surface area contributed by atoms with E-state index in [0.717, 1.165) is 32.6 Å². The molecule has 0 saturated carbocycles. The lowest BCUT2D eigenvalue weighted by molar-refractivity contribution is -0.144. The van der Waals surface area contributed by atoms with Crippen molar-refractivity contribution in [2.24, 2.45) is 17.3 Å². The molecule has 2 aliphatic heterocycles. The van der Waals surface area contributed by atoms with Crippen molar-refractivity contribution in [1.82, 2.24) is 10.2 Å². The van der Waals surface area contributed by atoms with Gasteiger partial charge in [0.05, 0.1) is 5.92 Å². The minimum Gasteiger partial charge on any atom is -0.342 e. The quantitative estimate of drug-likeness (QED) is 0.703. The zero-order valence-electron chi connectivity index (χ0n) is 10.0. The normalized spacial score (nSPS) is 27.9. The van der Waals surface area contributed by atoms with E-state index in [0.29, 0.717) is 17.2 Å². The SMILES string of the molecule is CC(C)(C)C1CN(C(=O)[C@H]2CCNC2)C1. The van der Waals surface area contributed by atoms with E-state index in [4.69, 9.17) is 0 Å². The fraction of sp³-hybridized carbons (Fsp3) is 0.917. The summed E-state index contributed by atoms with van der Waals surface area (Å²) in [6, 6.07) is 0. The summed E-state index contributed by atoms with van der Waals surface area (Å²) in [5.41, 5.74) is 0.352. The minimum absolute atomic E-state index is 0.255. The summed E-state index contributed by atoms with van der Waals surface area (Å²) < 4.78 is 0. The van der Waals surface area contributed by atoms with Gasteiger partial charge in [-0.3, -0.25) is 4.79 Å². The zero-order valence-corrected chi connectivity index (χ0v) is 10.0. The molecule has 0 bridgehead atoms. The fourth-order valence-corrected chi connectivity index (χ4v) is 2.33. The number of carbonyl (C=O) groups is 1. The van der Waals surface area contributed by atoms with E-state index >= 15 is 0 Å². The maximum absolute atomic E-state index is 12.0. The Morgan fingerprint density at radius 3 is 2.47 bits per heavy atom. The molecule has 1 amide bonds. The van der Waals surface area contributed by atoms with E-state index in [1.165, 1.54) is 0 Å². The summed E-state index contributed by atoms with van der Waals surface area (Å²) in [6.45, 7) is 10.6. The Morgan fingerprint density at radius 2 is 2.00 bits per heavy atom. The number of nitrogens with zero attached hydrogens (tertiary/aromatic N) is 1. The van der Waals surface area contributed by atoms with E-state index in [-0.39, 0.29) is 5.92 Å². The highest BCUT2D eigenvalue weighted by atomic mass is 16.2. The number of rotatable bonds is 1. The second kappa shape index (κ2) is 3.78. The fourth-order valence-electron chi connectivity index (χ4n) is 2.33. The lowest BCUT2D eigenvalue weighted by Crippen LogP contribution is -2.56. The first kappa shape index (κ1) is 10.9. The molecule has 0 radical (unpaired) electrons. The van der Waals surface area contributed by atoms with Crippen LogP contribution in [-0.2, 0) is 4.79 Å². The highest BCUT2D eigenvalue weighted by molar-refractivity contribution is 5.80. The first-order chi connectivity index (χ1) is 6.98. The van der Waals surface area contributed by atoms with Crippen LogP contribution >= 0.6 is 0 Å². The van der Waals surface area contributed by atoms with Gasteiger partial charge in [0.2, 0.25) is 5.91 Å². The Labute approximate surface area is 92.2 Å². The van der Waals surface area contributed by atoms with E-state index in [1.807, 2.05) is 4.90 Å². The maximum atomic E-state index is 12.0. The zero-order chi connectivity index (χ0) is 11.1. The third-order valence-electron chi connectivity index (χ3n) is 3.83. The van der Waals surface area contributed by atoms with Crippen molar-refractivity contribution in [2.45, 2.75) is 27.2 Å². The van der Waals surface area contributed by atoms with Crippen LogP contribution in [0.15, 0.2) is 0 Å². The highest BCUT2D eigenvalue weighted by Crippen LogP contribution is 2.34. The summed E-state index contributed by atoms with van der Waals surface area (Å²) in [5.74, 6) is 1.32. The predicted molar refractivity (Wildman–Crippen MR) is 60.5 cm³/mol. The van der Waals surface area contributed by atoms with Crippen LogP contribution in [0.3, 0.4) is 0 Å². The summed E-state index contributed by atoms with van der Waals surface area (Å²) in [7, 11) is 0. The number of likely N-dealkylation sites (tertiary alicyclic amines) is 1. The van der Waals surface area contributed by atoms with Gasteiger partial charge in [0.25, 0.3) is 0 Å². The Hall–Kier alpha value is -0.570. The van der Waals surface area contributed by atoms with Gasteiger partial charge in [-0.2, -0.15) is 0 Å². The van der Waals surface area contributed by atoms with E-state index in [2.05, 4.69) is 26.1 Å². The summed E-state index contributed by atoms with van der Waals surface area (Å²) >= 11 is 0. The van der Waals surface area contributed by atoms with Crippen LogP contribution in [0.5, 0.6) is 0 Å². The molecule has 86 valence electrons. The van der Waals surface area contributed by atoms with Gasteiger partial charge in [-0.25, -0.2) is 0 Å². The lowest BCUT2D eigenvalue weighted by atomic mass is 9.75. The van der Waals surface area contributed by atoms with Crippen molar-refractivity contribution in [3.05, 3.63) is 0 Å². The highest BCUT2D eigenvalue weighted by Gasteiger charge is 2.40. The molecule has 0 aromatic heterocycles. The molecular formula is C12H22N2O. The van der Waals surface area contributed by atoms with Crippen LogP contribution in [0.25, 0.3) is 0 Å². The van der Waals surface area contributed by atoms with Gasteiger partial charge in [-0.15, -0.1) is 0 Å². The van der Waals surface area contributed by atoms with Gasteiger partial charge in [0.1, 0.15) is 0 Å². The predicted octanol–water partition coefficient (Wildman–Crippen LogP) is 1.10. The molecule has 1 atom stereocenters.